The highest BCUT2D eigenvalue weighted by atomic mass is 19.1. The van der Waals surface area contributed by atoms with E-state index in [4.69, 9.17) is 4.74 Å². The fraction of sp³-hybridized carbons (Fsp3) is 0.647. The highest BCUT2D eigenvalue weighted by molar-refractivity contribution is 5.54. The summed E-state index contributed by atoms with van der Waals surface area (Å²) < 4.78 is 19.7. The molecule has 0 radical (unpaired) electrons. The number of benzene rings is 1. The van der Waals surface area contributed by atoms with Crippen molar-refractivity contribution in [2.75, 3.05) is 37.7 Å². The molecule has 0 unspecified atom stereocenters. The van der Waals surface area contributed by atoms with Gasteiger partial charge in [-0.25, -0.2) is 4.39 Å². The quantitative estimate of drug-likeness (QED) is 0.669. The summed E-state index contributed by atoms with van der Waals surface area (Å²) in [7, 11) is 0. The molecule has 1 rings (SSSR count). The molecule has 0 amide bonds. The minimum atomic E-state index is -0.155. The van der Waals surface area contributed by atoms with Crippen LogP contribution in [0, 0.1) is 11.7 Å². The first-order chi connectivity index (χ1) is 10.1. The van der Waals surface area contributed by atoms with Crippen molar-refractivity contribution in [1.82, 2.24) is 5.32 Å². The maximum atomic E-state index is 14.3. The molecule has 0 aromatic heterocycles. The number of nitrogens with one attached hydrogen (secondary N) is 1. The molecule has 120 valence electrons. The van der Waals surface area contributed by atoms with Crippen LogP contribution in [0.4, 0.5) is 10.1 Å². The number of nitrogens with zero attached hydrogens (tertiary/aromatic N) is 1. The van der Waals surface area contributed by atoms with Crippen LogP contribution in [-0.2, 0) is 11.3 Å². The van der Waals surface area contributed by atoms with Gasteiger partial charge in [0.1, 0.15) is 5.82 Å². The van der Waals surface area contributed by atoms with Crippen LogP contribution >= 0.6 is 0 Å². The van der Waals surface area contributed by atoms with E-state index in [-0.39, 0.29) is 5.82 Å². The topological polar surface area (TPSA) is 24.5 Å². The molecule has 0 atom stereocenters. The van der Waals surface area contributed by atoms with E-state index in [1.54, 1.807) is 6.07 Å². The minimum Gasteiger partial charge on any atom is -0.380 e. The second kappa shape index (κ2) is 9.74. The third-order valence-corrected chi connectivity index (χ3v) is 3.35. The van der Waals surface area contributed by atoms with Gasteiger partial charge in [-0.2, -0.15) is 0 Å². The Bertz CT molecular complexity index is 410. The zero-order valence-corrected chi connectivity index (χ0v) is 13.8. The summed E-state index contributed by atoms with van der Waals surface area (Å²) in [4.78, 5) is 2.05. The molecule has 3 nitrogen and oxygen atoms in total. The largest absolute Gasteiger partial charge is 0.380 e. The van der Waals surface area contributed by atoms with Crippen LogP contribution in [-0.4, -0.2) is 32.8 Å². The Hall–Kier alpha value is -1.13. The zero-order valence-electron chi connectivity index (χ0n) is 13.8. The second-order valence-corrected chi connectivity index (χ2v) is 5.55. The van der Waals surface area contributed by atoms with Crippen LogP contribution < -0.4 is 10.2 Å². The van der Waals surface area contributed by atoms with Gasteiger partial charge in [-0.3, -0.25) is 0 Å². The average Bonchev–Trinajstić information content (AvgIpc) is 2.44. The molecule has 0 fully saturated rings. The smallest absolute Gasteiger partial charge is 0.146 e. The molecule has 0 aliphatic carbocycles. The lowest BCUT2D eigenvalue weighted by Crippen LogP contribution is -2.30. The van der Waals surface area contributed by atoms with Gasteiger partial charge < -0.3 is 15.0 Å². The molecule has 1 N–H and O–H groups in total. The summed E-state index contributed by atoms with van der Waals surface area (Å²) in [5.74, 6) is 0.430. The number of para-hydroxylation sites is 1. The fourth-order valence-electron chi connectivity index (χ4n) is 2.30. The van der Waals surface area contributed by atoms with Gasteiger partial charge in [0.2, 0.25) is 0 Å². The summed E-state index contributed by atoms with van der Waals surface area (Å²) in [6.45, 7) is 12.8. The van der Waals surface area contributed by atoms with Crippen molar-refractivity contribution in [3.63, 3.8) is 0 Å². The molecule has 0 bridgehead atoms. The average molecular weight is 296 g/mol. The molecular weight excluding hydrogens is 267 g/mol. The maximum absolute atomic E-state index is 14.3. The van der Waals surface area contributed by atoms with Gasteiger partial charge in [0.25, 0.3) is 0 Å². The van der Waals surface area contributed by atoms with Crippen LogP contribution in [0.3, 0.4) is 0 Å². The molecule has 0 aliphatic rings. The monoisotopic (exact) mass is 296 g/mol. The van der Waals surface area contributed by atoms with E-state index >= 15 is 0 Å². The van der Waals surface area contributed by atoms with Gasteiger partial charge in [-0.15, -0.1) is 0 Å². The predicted molar refractivity (Wildman–Crippen MR) is 87.3 cm³/mol. The summed E-state index contributed by atoms with van der Waals surface area (Å²) in [5.41, 5.74) is 1.71. The van der Waals surface area contributed by atoms with Gasteiger partial charge in [0.05, 0.1) is 12.3 Å². The molecule has 4 heteroatoms. The van der Waals surface area contributed by atoms with Crippen molar-refractivity contribution in [3.05, 3.63) is 29.6 Å². The number of ether oxygens (including phenoxy) is 1. The van der Waals surface area contributed by atoms with Crippen molar-refractivity contribution in [3.8, 4) is 0 Å². The van der Waals surface area contributed by atoms with E-state index in [0.717, 1.165) is 18.7 Å². The summed E-state index contributed by atoms with van der Waals surface area (Å²) in [5, 5.41) is 3.39. The Balaban J connectivity index is 2.81. The second-order valence-electron chi connectivity index (χ2n) is 5.55. The fourth-order valence-corrected chi connectivity index (χ4v) is 2.30. The highest BCUT2D eigenvalue weighted by Crippen LogP contribution is 2.24. The summed E-state index contributed by atoms with van der Waals surface area (Å²) in [6, 6.07) is 5.31. The van der Waals surface area contributed by atoms with E-state index in [1.807, 2.05) is 19.9 Å². The number of rotatable bonds is 10. The Morgan fingerprint density at radius 3 is 2.67 bits per heavy atom. The van der Waals surface area contributed by atoms with Crippen LogP contribution in [0.5, 0.6) is 0 Å². The van der Waals surface area contributed by atoms with E-state index in [1.165, 1.54) is 6.07 Å². The normalized spacial score (nSPS) is 11.1. The van der Waals surface area contributed by atoms with Crippen molar-refractivity contribution in [2.45, 2.75) is 34.2 Å². The molecular formula is C17H29FN2O. The van der Waals surface area contributed by atoms with Crippen LogP contribution in [0.1, 0.15) is 33.3 Å². The van der Waals surface area contributed by atoms with Gasteiger partial charge in [-0.1, -0.05) is 26.0 Å². The van der Waals surface area contributed by atoms with Gasteiger partial charge in [-0.05, 0) is 37.9 Å². The Labute approximate surface area is 128 Å². The molecule has 0 heterocycles. The standard InChI is InChI=1S/C17H29FN2O/c1-5-20(10-11-21-6-2)17-15(8-7-9-16(17)18)13-19-12-14(3)4/h7-9,14,19H,5-6,10-13H2,1-4H3. The van der Waals surface area contributed by atoms with Crippen molar-refractivity contribution in [1.29, 1.82) is 0 Å². The van der Waals surface area contributed by atoms with Gasteiger partial charge in [0.15, 0.2) is 0 Å². The third kappa shape index (κ3) is 6.02. The van der Waals surface area contributed by atoms with Gasteiger partial charge in [0, 0.05) is 26.2 Å². The number of halogens is 1. The van der Waals surface area contributed by atoms with Crippen LogP contribution in [0.2, 0.25) is 0 Å². The van der Waals surface area contributed by atoms with Crippen LogP contribution in [0.25, 0.3) is 0 Å². The minimum absolute atomic E-state index is 0.155. The molecule has 21 heavy (non-hydrogen) atoms. The Morgan fingerprint density at radius 1 is 1.29 bits per heavy atom. The van der Waals surface area contributed by atoms with Crippen molar-refractivity contribution in [2.24, 2.45) is 5.92 Å². The van der Waals surface area contributed by atoms with Crippen molar-refractivity contribution < 1.29 is 9.13 Å². The summed E-state index contributed by atoms with van der Waals surface area (Å²) >= 11 is 0. The lowest BCUT2D eigenvalue weighted by molar-refractivity contribution is 0.154. The van der Waals surface area contributed by atoms with E-state index < -0.39 is 0 Å². The highest BCUT2D eigenvalue weighted by Gasteiger charge is 2.14. The van der Waals surface area contributed by atoms with E-state index in [9.17, 15) is 4.39 Å². The predicted octanol–water partition coefficient (Wildman–Crippen LogP) is 3.43. The Kier molecular flexibility index (Phi) is 8.31. The van der Waals surface area contributed by atoms with E-state index in [0.29, 0.717) is 37.9 Å². The lowest BCUT2D eigenvalue weighted by atomic mass is 10.1. The maximum Gasteiger partial charge on any atom is 0.146 e. The molecule has 1 aromatic rings. The number of anilines is 1. The van der Waals surface area contributed by atoms with E-state index in [2.05, 4.69) is 24.1 Å². The molecule has 0 aliphatic heterocycles. The zero-order chi connectivity index (χ0) is 15.7. The number of hydrogen-bond donors (Lipinski definition) is 1. The summed E-state index contributed by atoms with van der Waals surface area (Å²) in [6.07, 6.45) is 0. The first kappa shape index (κ1) is 17.9. The SMILES string of the molecule is CCOCCN(CC)c1c(F)cccc1CNCC(C)C. The first-order valence-corrected chi connectivity index (χ1v) is 7.90. The van der Waals surface area contributed by atoms with Crippen molar-refractivity contribution >= 4 is 5.69 Å². The molecule has 1 aromatic carbocycles. The molecule has 0 spiro atoms. The molecule has 0 saturated heterocycles. The Morgan fingerprint density at radius 2 is 2.05 bits per heavy atom. The first-order valence-electron chi connectivity index (χ1n) is 7.90. The number of likely N-dealkylation sites (N-methyl/N-ethyl adjacent to an activating group) is 1. The van der Waals surface area contributed by atoms with Crippen LogP contribution in [0.15, 0.2) is 18.2 Å². The third-order valence-electron chi connectivity index (χ3n) is 3.35. The lowest BCUT2D eigenvalue weighted by Gasteiger charge is -2.26. The molecule has 0 saturated carbocycles. The van der Waals surface area contributed by atoms with Gasteiger partial charge >= 0.3 is 0 Å². The number of hydrogen-bond acceptors (Lipinski definition) is 3.